The average Bonchev–Trinajstić information content (AvgIpc) is 3.38. The van der Waals surface area contributed by atoms with Gasteiger partial charge in [-0.15, -0.1) is 0 Å². The van der Waals surface area contributed by atoms with Crippen LogP contribution in [-0.4, -0.2) is 34.6 Å². The maximum absolute atomic E-state index is 13.8. The summed E-state index contributed by atoms with van der Waals surface area (Å²) in [4.78, 5) is 24.1. The second-order valence-electron chi connectivity index (χ2n) is 9.52. The molecule has 0 aliphatic carbocycles. The number of hydrogen-bond donors (Lipinski definition) is 0. The van der Waals surface area contributed by atoms with E-state index in [-0.39, 0.29) is 35.8 Å². The summed E-state index contributed by atoms with van der Waals surface area (Å²) >= 11 is 1.21. The van der Waals surface area contributed by atoms with Crippen molar-refractivity contribution >= 4 is 42.6 Å². The van der Waals surface area contributed by atoms with Gasteiger partial charge in [0.25, 0.3) is 5.91 Å². The lowest BCUT2D eigenvalue weighted by atomic mass is 10.2. The Balaban J connectivity index is 1.45. The van der Waals surface area contributed by atoms with E-state index in [2.05, 4.69) is 9.97 Å². The molecule has 0 unspecified atom stereocenters. The summed E-state index contributed by atoms with van der Waals surface area (Å²) in [5.74, 6) is -0.746. The van der Waals surface area contributed by atoms with Crippen LogP contribution in [0.15, 0.2) is 102 Å². The number of carbonyl (C=O) groups excluding carboxylic acids is 1. The molecule has 2 heterocycles. The highest BCUT2D eigenvalue weighted by Crippen LogP contribution is 2.31. The topological polar surface area (TPSA) is 83.5 Å². The van der Waals surface area contributed by atoms with E-state index < -0.39 is 10.0 Å². The molecule has 0 fully saturated rings. The first kappa shape index (κ1) is 27.6. The van der Waals surface area contributed by atoms with Crippen molar-refractivity contribution in [2.24, 2.45) is 0 Å². The van der Waals surface area contributed by atoms with Crippen LogP contribution in [-0.2, 0) is 23.1 Å². The molecule has 0 aliphatic heterocycles. The van der Waals surface area contributed by atoms with Crippen LogP contribution in [0.3, 0.4) is 0 Å². The molecule has 10 heteroatoms. The van der Waals surface area contributed by atoms with Crippen molar-refractivity contribution in [1.82, 2.24) is 14.3 Å². The van der Waals surface area contributed by atoms with Crippen molar-refractivity contribution in [2.75, 3.05) is 4.90 Å². The number of carbonyl (C=O) groups is 1. The van der Waals surface area contributed by atoms with E-state index in [9.17, 15) is 17.6 Å². The van der Waals surface area contributed by atoms with Crippen LogP contribution in [0.2, 0.25) is 0 Å². The van der Waals surface area contributed by atoms with Gasteiger partial charge in [-0.05, 0) is 73.5 Å². The third-order valence-electron chi connectivity index (χ3n) is 6.34. The minimum atomic E-state index is -3.83. The standard InChI is InChI=1S/C30H27FN4O3S2/c1-21(2)35(20-22-7-4-3-5-8-22)40(37,38)26-13-10-24(11-14-26)29(36)34(19-23-9-6-16-32-18-23)30-33-27-15-12-25(31)17-28(27)39-30/h3-18,21H,19-20H2,1-2H3. The fourth-order valence-corrected chi connectivity index (χ4v) is 6.88. The van der Waals surface area contributed by atoms with E-state index in [1.54, 1.807) is 24.5 Å². The molecule has 0 atom stereocenters. The predicted molar refractivity (Wildman–Crippen MR) is 155 cm³/mol. The normalized spacial score (nSPS) is 11.8. The van der Waals surface area contributed by atoms with Crippen molar-refractivity contribution in [1.29, 1.82) is 0 Å². The fraction of sp³-hybridized carbons (Fsp3) is 0.167. The number of aromatic nitrogens is 2. The number of sulfonamides is 1. The maximum Gasteiger partial charge on any atom is 0.260 e. The summed E-state index contributed by atoms with van der Waals surface area (Å²) in [6, 6.07) is 23.0. The molecule has 3 aromatic carbocycles. The largest absolute Gasteiger partial charge is 0.279 e. The molecular formula is C30H27FN4O3S2. The SMILES string of the molecule is CC(C)N(Cc1ccccc1)S(=O)(=O)c1ccc(C(=O)N(Cc2cccnc2)c2nc3ccc(F)cc3s2)cc1. The van der Waals surface area contributed by atoms with Gasteiger partial charge in [-0.2, -0.15) is 4.31 Å². The molecule has 1 amide bonds. The first-order valence-corrected chi connectivity index (χ1v) is 14.9. The first-order valence-electron chi connectivity index (χ1n) is 12.6. The second kappa shape index (κ2) is 11.6. The van der Waals surface area contributed by atoms with Gasteiger partial charge in [0.1, 0.15) is 5.82 Å². The van der Waals surface area contributed by atoms with E-state index in [0.717, 1.165) is 11.1 Å². The van der Waals surface area contributed by atoms with Crippen LogP contribution in [0.4, 0.5) is 9.52 Å². The van der Waals surface area contributed by atoms with Crippen LogP contribution in [0, 0.1) is 5.82 Å². The number of pyridine rings is 1. The average molecular weight is 575 g/mol. The third-order valence-corrected chi connectivity index (χ3v) is 9.42. The van der Waals surface area contributed by atoms with Crippen LogP contribution in [0.25, 0.3) is 10.2 Å². The van der Waals surface area contributed by atoms with Gasteiger partial charge in [0.05, 0.1) is 21.7 Å². The number of rotatable bonds is 9. The zero-order valence-corrected chi connectivity index (χ0v) is 23.6. The molecule has 0 radical (unpaired) electrons. The number of hydrogen-bond acceptors (Lipinski definition) is 6. The van der Waals surface area contributed by atoms with E-state index in [1.165, 1.54) is 56.9 Å². The number of benzene rings is 3. The van der Waals surface area contributed by atoms with Gasteiger partial charge in [0.15, 0.2) is 5.13 Å². The highest BCUT2D eigenvalue weighted by Gasteiger charge is 2.28. The molecule has 0 aliphatic rings. The molecule has 204 valence electrons. The number of amides is 1. The summed E-state index contributed by atoms with van der Waals surface area (Å²) in [6.07, 6.45) is 3.31. The van der Waals surface area contributed by atoms with Gasteiger partial charge in [-0.3, -0.25) is 14.7 Å². The predicted octanol–water partition coefficient (Wildman–Crippen LogP) is 6.28. The summed E-state index contributed by atoms with van der Waals surface area (Å²) in [5, 5.41) is 0.403. The Labute approximate surface area is 236 Å². The Morgan fingerprint density at radius 2 is 1.65 bits per heavy atom. The Morgan fingerprint density at radius 3 is 2.33 bits per heavy atom. The quantitative estimate of drug-likeness (QED) is 0.207. The summed E-state index contributed by atoms with van der Waals surface area (Å²) < 4.78 is 43.0. The van der Waals surface area contributed by atoms with Gasteiger partial charge >= 0.3 is 0 Å². The van der Waals surface area contributed by atoms with E-state index in [4.69, 9.17) is 0 Å². The fourth-order valence-electron chi connectivity index (χ4n) is 4.27. The lowest BCUT2D eigenvalue weighted by Crippen LogP contribution is -2.36. The number of thiazole rings is 1. The smallest absolute Gasteiger partial charge is 0.260 e. The molecule has 0 saturated heterocycles. The molecular weight excluding hydrogens is 547 g/mol. The summed E-state index contributed by atoms with van der Waals surface area (Å²) in [6.45, 7) is 4.09. The van der Waals surface area contributed by atoms with Crippen molar-refractivity contribution in [3.8, 4) is 0 Å². The van der Waals surface area contributed by atoms with Gasteiger partial charge < -0.3 is 0 Å². The van der Waals surface area contributed by atoms with Gasteiger partial charge in [-0.1, -0.05) is 47.7 Å². The monoisotopic (exact) mass is 574 g/mol. The van der Waals surface area contributed by atoms with E-state index in [0.29, 0.717) is 20.9 Å². The molecule has 0 saturated carbocycles. The summed E-state index contributed by atoms with van der Waals surface area (Å²) in [7, 11) is -3.83. The second-order valence-corrected chi connectivity index (χ2v) is 12.4. The Hall–Kier alpha value is -3.99. The zero-order valence-electron chi connectivity index (χ0n) is 21.9. The Morgan fingerprint density at radius 1 is 0.925 bits per heavy atom. The summed E-state index contributed by atoms with van der Waals surface area (Å²) in [5.41, 5.74) is 2.55. The molecule has 7 nitrogen and oxygen atoms in total. The van der Waals surface area contributed by atoms with Crippen LogP contribution in [0.1, 0.15) is 35.3 Å². The van der Waals surface area contributed by atoms with Crippen LogP contribution in [0.5, 0.6) is 0 Å². The highest BCUT2D eigenvalue weighted by atomic mass is 32.2. The third kappa shape index (κ3) is 5.94. The van der Waals surface area contributed by atoms with Crippen molar-refractivity contribution in [3.05, 3.63) is 120 Å². The van der Waals surface area contributed by atoms with Gasteiger partial charge in [-0.25, -0.2) is 17.8 Å². The number of fused-ring (bicyclic) bond motifs is 1. The lowest BCUT2D eigenvalue weighted by Gasteiger charge is -2.26. The molecule has 2 aromatic heterocycles. The van der Waals surface area contributed by atoms with Crippen molar-refractivity contribution < 1.29 is 17.6 Å². The zero-order chi connectivity index (χ0) is 28.3. The molecule has 0 N–H and O–H groups in total. The maximum atomic E-state index is 13.8. The number of nitrogens with zero attached hydrogens (tertiary/aromatic N) is 4. The minimum Gasteiger partial charge on any atom is -0.279 e. The molecule has 0 bridgehead atoms. The Bertz CT molecular complexity index is 1730. The molecule has 0 spiro atoms. The molecule has 40 heavy (non-hydrogen) atoms. The van der Waals surface area contributed by atoms with E-state index >= 15 is 0 Å². The minimum absolute atomic E-state index is 0.1000. The van der Waals surface area contributed by atoms with Crippen LogP contribution >= 0.6 is 11.3 Å². The van der Waals surface area contributed by atoms with Gasteiger partial charge in [0, 0.05) is 30.5 Å². The Kier molecular flexibility index (Phi) is 8.02. The van der Waals surface area contributed by atoms with Crippen molar-refractivity contribution in [3.63, 3.8) is 0 Å². The lowest BCUT2D eigenvalue weighted by molar-refractivity contribution is 0.0985. The first-order chi connectivity index (χ1) is 19.2. The van der Waals surface area contributed by atoms with E-state index in [1.807, 2.05) is 50.2 Å². The molecule has 5 aromatic rings. The number of halogens is 1. The highest BCUT2D eigenvalue weighted by molar-refractivity contribution is 7.89. The molecule has 5 rings (SSSR count). The van der Waals surface area contributed by atoms with Gasteiger partial charge in [0.2, 0.25) is 10.0 Å². The number of anilines is 1. The van der Waals surface area contributed by atoms with Crippen LogP contribution < -0.4 is 4.90 Å². The van der Waals surface area contributed by atoms with Crippen molar-refractivity contribution in [2.45, 2.75) is 37.9 Å².